The number of tetrazole rings is 1. The predicted octanol–water partition coefficient (Wildman–Crippen LogP) is 8.15. The maximum atomic E-state index is 13.5. The van der Waals surface area contributed by atoms with Crippen molar-refractivity contribution in [3.8, 4) is 5.75 Å². The smallest absolute Gasteiger partial charge is 0.450 e. The summed E-state index contributed by atoms with van der Waals surface area (Å²) >= 11 is 3.15. The maximum absolute atomic E-state index is 13.5. The topological polar surface area (TPSA) is 117 Å². The number of hydrogen-bond acceptors (Lipinski definition) is 7. The molecule has 18 heteroatoms. The average Bonchev–Trinajstić information content (AvgIpc) is 3.36. The van der Waals surface area contributed by atoms with E-state index >= 15 is 0 Å². The molecule has 1 fully saturated rings. The van der Waals surface area contributed by atoms with Crippen LogP contribution in [0.5, 0.6) is 5.75 Å². The predicted molar refractivity (Wildman–Crippen MR) is 163 cm³/mol. The van der Waals surface area contributed by atoms with E-state index in [9.17, 15) is 26.3 Å². The lowest BCUT2D eigenvalue weighted by atomic mass is 9.88. The Morgan fingerprint density at radius 1 is 1.02 bits per heavy atom. The average molecular weight is 748 g/mol. The minimum Gasteiger partial charge on any atom is -0.450 e. The summed E-state index contributed by atoms with van der Waals surface area (Å²) in [6.45, 7) is 3.27. The molecule has 256 valence electrons. The second-order valence-corrected chi connectivity index (χ2v) is 11.4. The van der Waals surface area contributed by atoms with Crippen molar-refractivity contribution in [1.29, 1.82) is 0 Å². The zero-order valence-electron chi connectivity index (χ0n) is 24.9. The first-order valence-corrected chi connectivity index (χ1v) is 14.7. The van der Waals surface area contributed by atoms with Gasteiger partial charge in [0.05, 0.1) is 12.6 Å². The van der Waals surface area contributed by atoms with Gasteiger partial charge in [0.2, 0.25) is 0 Å². The first-order valence-electron chi connectivity index (χ1n) is 13.9. The summed E-state index contributed by atoms with van der Waals surface area (Å²) in [6, 6.07) is 7.76. The Morgan fingerprint density at radius 2 is 1.67 bits per heavy atom. The number of nitrogens with zero attached hydrogens (tertiary/aromatic N) is 6. The molecular weight excluding hydrogens is 714 g/mol. The molecule has 0 saturated heterocycles. The molecule has 0 unspecified atom stereocenters. The van der Waals surface area contributed by atoms with Crippen LogP contribution < -0.4 is 14.5 Å². The molecule has 0 spiro atoms. The van der Waals surface area contributed by atoms with Gasteiger partial charge >= 0.3 is 18.7 Å². The molecule has 0 aliphatic heterocycles. The summed E-state index contributed by atoms with van der Waals surface area (Å²) in [6.07, 6.45) is -5.63. The van der Waals surface area contributed by atoms with E-state index in [2.05, 4.69) is 41.0 Å². The summed E-state index contributed by atoms with van der Waals surface area (Å²) in [7, 11) is 1.54. The molecule has 1 heterocycles. The van der Waals surface area contributed by atoms with Crippen molar-refractivity contribution in [2.24, 2.45) is 13.0 Å². The lowest BCUT2D eigenvalue weighted by Gasteiger charge is -2.33. The number of rotatable bonds is 10. The standard InChI is InChI=1S/C27H31BrF6N6O.CH2O3.ClH/c1-3-39(15-18-7-5-4-6-8-18)24-10-9-23(41-27(32,33)34)13-20(24)17-40(25-35-37-38(2)36-25)16-19-11-21(26(29,30)31)14-22(28)12-19;2-1(3)4;/h9-14,18H,3-8,15-17H2,1-2H3;(H2,2,3,4);1H. The van der Waals surface area contributed by atoms with Crippen LogP contribution in [0, 0.1) is 5.92 Å². The highest BCUT2D eigenvalue weighted by atomic mass is 79.9. The Kier molecular flexibility index (Phi) is 14.2. The lowest BCUT2D eigenvalue weighted by Crippen LogP contribution is -2.32. The Morgan fingerprint density at radius 3 is 2.22 bits per heavy atom. The van der Waals surface area contributed by atoms with Gasteiger partial charge in [0.25, 0.3) is 5.95 Å². The largest absolute Gasteiger partial charge is 0.573 e. The van der Waals surface area contributed by atoms with E-state index in [4.69, 9.17) is 15.0 Å². The third-order valence-electron chi connectivity index (χ3n) is 7.01. The second kappa shape index (κ2) is 16.9. The van der Waals surface area contributed by atoms with E-state index in [1.165, 1.54) is 23.4 Å². The lowest BCUT2D eigenvalue weighted by molar-refractivity contribution is -0.274. The third-order valence-corrected chi connectivity index (χ3v) is 7.47. The molecule has 3 aromatic rings. The van der Waals surface area contributed by atoms with Crippen molar-refractivity contribution in [2.45, 2.75) is 64.7 Å². The number of benzene rings is 2. The van der Waals surface area contributed by atoms with Gasteiger partial charge in [0.1, 0.15) is 5.75 Å². The minimum atomic E-state index is -4.89. The number of carbonyl (C=O) groups is 1. The fourth-order valence-electron chi connectivity index (χ4n) is 5.20. The monoisotopic (exact) mass is 746 g/mol. The summed E-state index contributed by atoms with van der Waals surface area (Å²) in [5.41, 5.74) is 0.674. The molecule has 0 atom stereocenters. The Hall–Kier alpha value is -3.47. The number of anilines is 2. The summed E-state index contributed by atoms with van der Waals surface area (Å²) < 4.78 is 84.4. The molecule has 4 rings (SSSR count). The van der Waals surface area contributed by atoms with Gasteiger partial charge in [-0.1, -0.05) is 40.3 Å². The Labute approximate surface area is 275 Å². The molecule has 1 saturated carbocycles. The van der Waals surface area contributed by atoms with Crippen molar-refractivity contribution in [1.82, 2.24) is 20.2 Å². The molecule has 2 aromatic carbocycles. The second-order valence-electron chi connectivity index (χ2n) is 10.4. The zero-order chi connectivity index (χ0) is 33.4. The Balaban J connectivity index is 0.00000139. The molecule has 1 aromatic heterocycles. The van der Waals surface area contributed by atoms with E-state index < -0.39 is 24.3 Å². The van der Waals surface area contributed by atoms with Crippen molar-refractivity contribution >= 4 is 46.1 Å². The number of aryl methyl sites for hydroxylation is 1. The number of aromatic nitrogens is 4. The van der Waals surface area contributed by atoms with Gasteiger partial charge in [-0.05, 0) is 78.4 Å². The molecular formula is C28H34BrClF6N6O4. The summed E-state index contributed by atoms with van der Waals surface area (Å²) in [4.78, 5) is 13.5. The molecule has 2 N–H and O–H groups in total. The van der Waals surface area contributed by atoms with Gasteiger partial charge in [-0.3, -0.25) is 0 Å². The van der Waals surface area contributed by atoms with Gasteiger partial charge in [-0.15, -0.1) is 30.7 Å². The van der Waals surface area contributed by atoms with E-state index in [-0.39, 0.29) is 41.7 Å². The normalized spacial score (nSPS) is 13.7. The summed E-state index contributed by atoms with van der Waals surface area (Å²) in [5, 5.41) is 26.1. The fraction of sp³-hybridized carbons (Fsp3) is 0.500. The maximum Gasteiger partial charge on any atom is 0.573 e. The van der Waals surface area contributed by atoms with Crippen molar-refractivity contribution < 1.29 is 46.1 Å². The van der Waals surface area contributed by atoms with Crippen LogP contribution in [0.2, 0.25) is 0 Å². The van der Waals surface area contributed by atoms with Gasteiger partial charge in [0, 0.05) is 36.3 Å². The van der Waals surface area contributed by atoms with Gasteiger partial charge in [0.15, 0.2) is 0 Å². The number of alkyl halides is 6. The van der Waals surface area contributed by atoms with Crippen LogP contribution in [0.4, 0.5) is 42.8 Å². The van der Waals surface area contributed by atoms with Crippen molar-refractivity contribution in [2.75, 3.05) is 22.9 Å². The first kappa shape index (κ1) is 38.7. The third kappa shape index (κ3) is 12.4. The van der Waals surface area contributed by atoms with Crippen LogP contribution in [0.1, 0.15) is 55.7 Å². The Bertz CT molecular complexity index is 1420. The molecule has 0 amide bonds. The van der Waals surface area contributed by atoms with E-state index in [0.29, 0.717) is 29.3 Å². The minimum absolute atomic E-state index is 0. The first-order chi connectivity index (χ1) is 21.0. The zero-order valence-corrected chi connectivity index (χ0v) is 27.3. The number of carboxylic acid groups (broad SMARTS) is 2. The molecule has 10 nitrogen and oxygen atoms in total. The van der Waals surface area contributed by atoms with Crippen LogP contribution in [0.25, 0.3) is 0 Å². The molecule has 1 aliphatic rings. The highest BCUT2D eigenvalue weighted by Crippen LogP contribution is 2.35. The number of ether oxygens (including phenoxy) is 1. The van der Waals surface area contributed by atoms with E-state index in [1.807, 2.05) is 6.92 Å². The number of halogens is 8. The van der Waals surface area contributed by atoms with Crippen LogP contribution in [-0.2, 0) is 26.3 Å². The van der Waals surface area contributed by atoms with Crippen LogP contribution in [-0.4, -0.2) is 56.0 Å². The van der Waals surface area contributed by atoms with Gasteiger partial charge in [-0.2, -0.15) is 18.0 Å². The van der Waals surface area contributed by atoms with Gasteiger partial charge in [-0.25, -0.2) is 4.79 Å². The van der Waals surface area contributed by atoms with Crippen LogP contribution >= 0.6 is 28.3 Å². The van der Waals surface area contributed by atoms with Crippen molar-refractivity contribution in [3.63, 3.8) is 0 Å². The van der Waals surface area contributed by atoms with Crippen molar-refractivity contribution in [3.05, 3.63) is 57.6 Å². The quantitative estimate of drug-likeness (QED) is 0.198. The van der Waals surface area contributed by atoms with E-state index in [0.717, 1.165) is 44.4 Å². The van der Waals surface area contributed by atoms with Gasteiger partial charge < -0.3 is 24.7 Å². The molecule has 0 bridgehead atoms. The fourth-order valence-corrected chi connectivity index (χ4v) is 5.74. The van der Waals surface area contributed by atoms with E-state index in [1.54, 1.807) is 24.1 Å². The number of hydrogen-bond donors (Lipinski definition) is 2. The van der Waals surface area contributed by atoms with Crippen LogP contribution in [0.15, 0.2) is 40.9 Å². The molecule has 46 heavy (non-hydrogen) atoms. The van der Waals surface area contributed by atoms with Crippen LogP contribution in [0.3, 0.4) is 0 Å². The highest BCUT2D eigenvalue weighted by molar-refractivity contribution is 9.10. The molecule has 1 aliphatic carbocycles. The SMILES string of the molecule is CCN(CC1CCCCC1)c1ccc(OC(F)(F)F)cc1CN(Cc1cc(Br)cc(C(F)(F)F)c1)c1nnn(C)n1.Cl.O=C(O)O. The highest BCUT2D eigenvalue weighted by Gasteiger charge is 2.33. The summed E-state index contributed by atoms with van der Waals surface area (Å²) in [5.74, 6) is 0.186. The molecule has 0 radical (unpaired) electrons.